The number of hydrogen-bond acceptors (Lipinski definition) is 1. The normalized spacial score (nSPS) is 22.6. The van der Waals surface area contributed by atoms with Gasteiger partial charge >= 0.3 is 0 Å². The van der Waals surface area contributed by atoms with Crippen molar-refractivity contribution in [3.8, 4) is 0 Å². The lowest BCUT2D eigenvalue weighted by Gasteiger charge is -2.37. The van der Waals surface area contributed by atoms with E-state index in [-0.39, 0.29) is 5.41 Å². The summed E-state index contributed by atoms with van der Waals surface area (Å²) >= 11 is 0. The van der Waals surface area contributed by atoms with E-state index in [1.54, 1.807) is 0 Å². The predicted molar refractivity (Wildman–Crippen MR) is 60.2 cm³/mol. The molecule has 14 heavy (non-hydrogen) atoms. The molecule has 0 saturated heterocycles. The Morgan fingerprint density at radius 2 is 2.00 bits per heavy atom. The Hall–Kier alpha value is -0.590. The van der Waals surface area contributed by atoms with Gasteiger partial charge < -0.3 is 4.79 Å². The van der Waals surface area contributed by atoms with Crippen molar-refractivity contribution in [2.45, 2.75) is 51.9 Å². The highest BCUT2D eigenvalue weighted by Crippen LogP contribution is 2.42. The van der Waals surface area contributed by atoms with Gasteiger partial charge in [-0.05, 0) is 31.6 Å². The first-order valence-corrected chi connectivity index (χ1v) is 5.86. The summed E-state index contributed by atoms with van der Waals surface area (Å²) in [6.45, 7) is 5.91. The van der Waals surface area contributed by atoms with Gasteiger partial charge in [0.1, 0.15) is 6.29 Å². The molecule has 0 aromatic carbocycles. The highest BCUT2D eigenvalue weighted by atomic mass is 16.1. The Morgan fingerprint density at radius 3 is 2.43 bits per heavy atom. The van der Waals surface area contributed by atoms with E-state index in [4.69, 9.17) is 0 Å². The van der Waals surface area contributed by atoms with Crippen LogP contribution in [0.5, 0.6) is 0 Å². The molecule has 0 heterocycles. The van der Waals surface area contributed by atoms with Crippen molar-refractivity contribution in [3.05, 3.63) is 12.7 Å². The average molecular weight is 194 g/mol. The van der Waals surface area contributed by atoms with Crippen LogP contribution < -0.4 is 0 Å². The van der Waals surface area contributed by atoms with Crippen LogP contribution in [0.2, 0.25) is 0 Å². The summed E-state index contributed by atoms with van der Waals surface area (Å²) in [5.41, 5.74) is -0.0951. The Morgan fingerprint density at radius 1 is 1.36 bits per heavy atom. The highest BCUT2D eigenvalue weighted by Gasteiger charge is 2.36. The summed E-state index contributed by atoms with van der Waals surface area (Å²) in [6.07, 6.45) is 11.4. The lowest BCUT2D eigenvalue weighted by atomic mass is 9.66. The van der Waals surface area contributed by atoms with Crippen LogP contribution in [0, 0.1) is 11.3 Å². The van der Waals surface area contributed by atoms with Crippen molar-refractivity contribution in [1.82, 2.24) is 0 Å². The van der Waals surface area contributed by atoms with E-state index in [1.165, 1.54) is 38.4 Å². The SMILES string of the molecule is C=CCC(C=O)(CC)C1CCCCC1. The van der Waals surface area contributed by atoms with E-state index >= 15 is 0 Å². The quantitative estimate of drug-likeness (QED) is 0.481. The maximum absolute atomic E-state index is 11.3. The lowest BCUT2D eigenvalue weighted by Crippen LogP contribution is -2.32. The van der Waals surface area contributed by atoms with Crippen molar-refractivity contribution in [3.63, 3.8) is 0 Å². The maximum atomic E-state index is 11.3. The summed E-state index contributed by atoms with van der Waals surface area (Å²) < 4.78 is 0. The molecular weight excluding hydrogens is 172 g/mol. The predicted octanol–water partition coefficient (Wildman–Crippen LogP) is 3.74. The molecule has 0 aromatic heterocycles. The van der Waals surface area contributed by atoms with Crippen LogP contribution in [0.15, 0.2) is 12.7 Å². The van der Waals surface area contributed by atoms with Gasteiger partial charge in [0.25, 0.3) is 0 Å². The third-order valence-electron chi connectivity index (χ3n) is 3.84. The molecule has 0 radical (unpaired) electrons. The number of rotatable bonds is 5. The molecule has 1 nitrogen and oxygen atoms in total. The van der Waals surface area contributed by atoms with Gasteiger partial charge in [0.2, 0.25) is 0 Å². The van der Waals surface area contributed by atoms with Gasteiger partial charge in [-0.2, -0.15) is 0 Å². The number of allylic oxidation sites excluding steroid dienone is 1. The zero-order chi connectivity index (χ0) is 10.4. The standard InChI is InChI=1S/C13H22O/c1-3-10-13(4-2,11-14)12-8-6-5-7-9-12/h3,11-12H,1,4-10H2,2H3. The lowest BCUT2D eigenvalue weighted by molar-refractivity contribution is -0.120. The van der Waals surface area contributed by atoms with Crippen LogP contribution in [-0.4, -0.2) is 6.29 Å². The second-order valence-electron chi connectivity index (χ2n) is 4.53. The Balaban J connectivity index is 2.72. The molecule has 1 atom stereocenters. The number of aldehydes is 1. The van der Waals surface area contributed by atoms with Gasteiger partial charge in [-0.1, -0.05) is 32.3 Å². The molecule has 1 rings (SSSR count). The van der Waals surface area contributed by atoms with Gasteiger partial charge in [-0.3, -0.25) is 0 Å². The van der Waals surface area contributed by atoms with E-state index in [2.05, 4.69) is 13.5 Å². The number of hydrogen-bond donors (Lipinski definition) is 0. The molecular formula is C13H22O. The summed E-state index contributed by atoms with van der Waals surface area (Å²) in [5.74, 6) is 0.608. The first-order chi connectivity index (χ1) is 6.79. The monoisotopic (exact) mass is 194 g/mol. The van der Waals surface area contributed by atoms with E-state index in [0.29, 0.717) is 5.92 Å². The molecule has 0 spiro atoms. The van der Waals surface area contributed by atoms with Gasteiger partial charge in [0, 0.05) is 5.41 Å². The minimum absolute atomic E-state index is 0.0951. The molecule has 1 aliphatic carbocycles. The van der Waals surface area contributed by atoms with Crippen LogP contribution in [-0.2, 0) is 4.79 Å². The Bertz CT molecular complexity index is 191. The fourth-order valence-corrected chi connectivity index (χ4v) is 2.77. The Labute approximate surface area is 87.6 Å². The van der Waals surface area contributed by atoms with Crippen molar-refractivity contribution in [2.75, 3.05) is 0 Å². The summed E-state index contributed by atoms with van der Waals surface area (Å²) in [6, 6.07) is 0. The fraction of sp³-hybridized carbons (Fsp3) is 0.769. The molecule has 1 fully saturated rings. The smallest absolute Gasteiger partial charge is 0.126 e. The molecule has 0 bridgehead atoms. The zero-order valence-electron chi connectivity index (χ0n) is 9.30. The van der Waals surface area contributed by atoms with Crippen LogP contribution in [0.3, 0.4) is 0 Å². The van der Waals surface area contributed by atoms with E-state index < -0.39 is 0 Å². The molecule has 80 valence electrons. The van der Waals surface area contributed by atoms with Crippen LogP contribution in [0.25, 0.3) is 0 Å². The third-order valence-corrected chi connectivity index (χ3v) is 3.84. The van der Waals surface area contributed by atoms with E-state index in [9.17, 15) is 4.79 Å². The van der Waals surface area contributed by atoms with Crippen molar-refractivity contribution >= 4 is 6.29 Å². The maximum Gasteiger partial charge on any atom is 0.126 e. The third kappa shape index (κ3) is 2.26. The first-order valence-electron chi connectivity index (χ1n) is 5.86. The van der Waals surface area contributed by atoms with E-state index in [0.717, 1.165) is 12.8 Å². The molecule has 1 saturated carbocycles. The Kier molecular flexibility index (Phi) is 4.37. The first kappa shape index (κ1) is 11.5. The summed E-state index contributed by atoms with van der Waals surface area (Å²) in [7, 11) is 0. The second kappa shape index (κ2) is 5.33. The van der Waals surface area contributed by atoms with Crippen molar-refractivity contribution in [1.29, 1.82) is 0 Å². The molecule has 0 aromatic rings. The van der Waals surface area contributed by atoms with Gasteiger partial charge in [-0.25, -0.2) is 0 Å². The minimum atomic E-state index is -0.0951. The molecule has 1 aliphatic rings. The highest BCUT2D eigenvalue weighted by molar-refractivity contribution is 5.60. The summed E-state index contributed by atoms with van der Waals surface area (Å²) in [5, 5.41) is 0. The molecule has 0 N–H and O–H groups in total. The average Bonchev–Trinajstić information content (AvgIpc) is 2.27. The minimum Gasteiger partial charge on any atom is -0.303 e. The molecule has 1 heteroatoms. The van der Waals surface area contributed by atoms with Crippen molar-refractivity contribution < 1.29 is 4.79 Å². The van der Waals surface area contributed by atoms with Crippen LogP contribution in [0.4, 0.5) is 0 Å². The van der Waals surface area contributed by atoms with E-state index in [1.807, 2.05) is 6.08 Å². The molecule has 0 amide bonds. The van der Waals surface area contributed by atoms with Gasteiger partial charge in [-0.15, -0.1) is 6.58 Å². The molecule has 0 aliphatic heterocycles. The second-order valence-corrected chi connectivity index (χ2v) is 4.53. The largest absolute Gasteiger partial charge is 0.303 e. The topological polar surface area (TPSA) is 17.1 Å². The van der Waals surface area contributed by atoms with Gasteiger partial charge in [0.05, 0.1) is 0 Å². The fourth-order valence-electron chi connectivity index (χ4n) is 2.77. The zero-order valence-corrected chi connectivity index (χ0v) is 9.30. The van der Waals surface area contributed by atoms with Crippen molar-refractivity contribution in [2.24, 2.45) is 11.3 Å². The van der Waals surface area contributed by atoms with Gasteiger partial charge in [0.15, 0.2) is 0 Å². The van der Waals surface area contributed by atoms with Crippen LogP contribution >= 0.6 is 0 Å². The number of carbonyl (C=O) groups excluding carboxylic acids is 1. The van der Waals surface area contributed by atoms with Crippen LogP contribution in [0.1, 0.15) is 51.9 Å². The molecule has 1 unspecified atom stereocenters. The number of carbonyl (C=O) groups is 1. The summed E-state index contributed by atoms with van der Waals surface area (Å²) in [4.78, 5) is 11.3.